The second kappa shape index (κ2) is 7.23. The van der Waals surface area contributed by atoms with Crippen LogP contribution in [0.3, 0.4) is 0 Å². The molecule has 1 aromatic rings. The number of imidazole rings is 1. The molecule has 1 fully saturated rings. The molecule has 0 aromatic carbocycles. The van der Waals surface area contributed by atoms with Crippen LogP contribution in [0.1, 0.15) is 23.3 Å². The van der Waals surface area contributed by atoms with Gasteiger partial charge >= 0.3 is 6.18 Å². The Morgan fingerprint density at radius 2 is 2.19 bits per heavy atom. The monoisotopic (exact) mass is 378 g/mol. The summed E-state index contributed by atoms with van der Waals surface area (Å²) in [6.07, 6.45) is -4.03. The highest BCUT2D eigenvalue weighted by atomic mass is 19.4. The number of hydrogen-bond acceptors (Lipinski definition) is 5. The van der Waals surface area contributed by atoms with Crippen LogP contribution < -0.4 is 4.90 Å². The maximum atomic E-state index is 12.8. The number of amides is 2. The molecular formula is C15H21F3N4O4. The zero-order valence-electron chi connectivity index (χ0n) is 14.7. The van der Waals surface area contributed by atoms with E-state index >= 15 is 0 Å². The summed E-state index contributed by atoms with van der Waals surface area (Å²) in [5.74, 6) is -0.274. The molecule has 0 radical (unpaired) electrons. The van der Waals surface area contributed by atoms with Crippen LogP contribution in [0.2, 0.25) is 0 Å². The van der Waals surface area contributed by atoms with E-state index in [9.17, 15) is 27.9 Å². The van der Waals surface area contributed by atoms with Gasteiger partial charge < -0.3 is 24.2 Å². The van der Waals surface area contributed by atoms with Crippen LogP contribution in [-0.2, 0) is 16.6 Å². The quantitative estimate of drug-likeness (QED) is 0.757. The molecule has 1 aliphatic rings. The first-order valence-electron chi connectivity index (χ1n) is 7.86. The fraction of sp³-hybridized carbons (Fsp3) is 0.667. The Balaban J connectivity index is 2.04. The van der Waals surface area contributed by atoms with E-state index in [4.69, 9.17) is 4.74 Å². The first-order valence-corrected chi connectivity index (χ1v) is 7.86. The molecule has 1 saturated heterocycles. The van der Waals surface area contributed by atoms with Crippen molar-refractivity contribution >= 4 is 18.1 Å². The van der Waals surface area contributed by atoms with Gasteiger partial charge in [-0.05, 0) is 12.8 Å². The van der Waals surface area contributed by atoms with Crippen molar-refractivity contribution in [1.29, 1.82) is 0 Å². The molecule has 2 amide bonds. The molecule has 0 aliphatic carbocycles. The highest BCUT2D eigenvalue weighted by Crippen LogP contribution is 2.38. The minimum Gasteiger partial charge on any atom is -0.379 e. The predicted octanol–water partition coefficient (Wildman–Crippen LogP) is 0.557. The lowest BCUT2D eigenvalue weighted by Gasteiger charge is -2.38. The lowest BCUT2D eigenvalue weighted by molar-refractivity contribution is -0.294. The molecule has 2 rings (SSSR count). The Kier molecular flexibility index (Phi) is 5.61. The highest BCUT2D eigenvalue weighted by molar-refractivity contribution is 5.99. The number of aryl methyl sites for hydroxylation is 1. The van der Waals surface area contributed by atoms with Crippen molar-refractivity contribution in [3.63, 3.8) is 0 Å². The number of carbonyl (C=O) groups excluding carboxylic acids is 2. The third-order valence-corrected chi connectivity index (χ3v) is 4.40. The molecule has 11 heteroatoms. The maximum Gasteiger partial charge on any atom is 0.419 e. The number of nitrogens with zero attached hydrogens (tertiary/aromatic N) is 4. The van der Waals surface area contributed by atoms with Crippen molar-refractivity contribution in [3.8, 4) is 0 Å². The molecule has 0 bridgehead atoms. The highest BCUT2D eigenvalue weighted by Gasteiger charge is 2.55. The Morgan fingerprint density at radius 3 is 2.69 bits per heavy atom. The molecule has 1 aromatic heterocycles. The number of aliphatic hydroxyl groups is 1. The van der Waals surface area contributed by atoms with Gasteiger partial charge in [-0.25, -0.2) is 4.98 Å². The number of halogens is 3. The van der Waals surface area contributed by atoms with Crippen molar-refractivity contribution in [1.82, 2.24) is 14.5 Å². The van der Waals surface area contributed by atoms with Gasteiger partial charge in [-0.2, -0.15) is 13.2 Å². The van der Waals surface area contributed by atoms with Gasteiger partial charge in [0.1, 0.15) is 0 Å². The van der Waals surface area contributed by atoms with Crippen LogP contribution in [0.5, 0.6) is 0 Å². The number of rotatable bonds is 5. The first-order chi connectivity index (χ1) is 12.0. The van der Waals surface area contributed by atoms with E-state index in [0.29, 0.717) is 6.41 Å². The SMILES string of the molecule is CN(CC1CCC(O)(C(F)(F)F)CO1)C(=O)c1c(N(C)C=O)ncn1C. The minimum absolute atomic E-state index is 0.0416. The van der Waals surface area contributed by atoms with Gasteiger partial charge in [-0.3, -0.25) is 9.59 Å². The van der Waals surface area contributed by atoms with Crippen LogP contribution in [0.25, 0.3) is 0 Å². The zero-order chi connectivity index (χ0) is 19.7. The predicted molar refractivity (Wildman–Crippen MR) is 84.6 cm³/mol. The zero-order valence-corrected chi connectivity index (χ0v) is 14.7. The van der Waals surface area contributed by atoms with E-state index in [2.05, 4.69) is 4.98 Å². The summed E-state index contributed by atoms with van der Waals surface area (Å²) in [7, 11) is 4.53. The Bertz CT molecular complexity index is 668. The topological polar surface area (TPSA) is 87.9 Å². The average molecular weight is 378 g/mol. The molecule has 2 heterocycles. The summed E-state index contributed by atoms with van der Waals surface area (Å²) in [6.45, 7) is -0.823. The molecule has 8 nitrogen and oxygen atoms in total. The summed E-state index contributed by atoms with van der Waals surface area (Å²) in [5, 5.41) is 9.60. The fourth-order valence-corrected chi connectivity index (χ4v) is 2.72. The van der Waals surface area contributed by atoms with E-state index in [1.54, 1.807) is 7.05 Å². The molecule has 146 valence electrons. The van der Waals surface area contributed by atoms with E-state index in [-0.39, 0.29) is 24.5 Å². The Hall–Kier alpha value is -2.14. The summed E-state index contributed by atoms with van der Waals surface area (Å²) in [6, 6.07) is 0. The smallest absolute Gasteiger partial charge is 0.379 e. The summed E-state index contributed by atoms with van der Waals surface area (Å²) < 4.78 is 45.0. The first kappa shape index (κ1) is 20.2. The van der Waals surface area contributed by atoms with Gasteiger partial charge in [0.2, 0.25) is 6.41 Å². The second-order valence-electron chi connectivity index (χ2n) is 6.43. The molecule has 2 atom stereocenters. The molecule has 1 N–H and O–H groups in total. The molecule has 1 aliphatic heterocycles. The van der Waals surface area contributed by atoms with Gasteiger partial charge in [-0.15, -0.1) is 0 Å². The maximum absolute atomic E-state index is 12.8. The standard InChI is InChI=1S/C15H21F3N4O4/c1-20(6-10-4-5-14(25,7-26-10)15(16,17)18)13(24)11-12(22(3)9-23)19-8-21(11)2/h8-10,25H,4-7H2,1-3H3. The molecule has 0 spiro atoms. The molecule has 26 heavy (non-hydrogen) atoms. The number of carbonyl (C=O) groups is 2. The third kappa shape index (κ3) is 3.83. The van der Waals surface area contributed by atoms with E-state index in [0.717, 1.165) is 4.90 Å². The Labute approximate surface area is 148 Å². The fourth-order valence-electron chi connectivity index (χ4n) is 2.72. The van der Waals surface area contributed by atoms with Crippen molar-refractivity contribution in [2.24, 2.45) is 7.05 Å². The van der Waals surface area contributed by atoms with Crippen molar-refractivity contribution in [2.75, 3.05) is 32.1 Å². The van der Waals surface area contributed by atoms with Crippen LogP contribution >= 0.6 is 0 Å². The summed E-state index contributed by atoms with van der Waals surface area (Å²) in [5.41, 5.74) is -2.68. The van der Waals surface area contributed by atoms with Crippen LogP contribution in [0, 0.1) is 0 Å². The number of likely N-dealkylation sites (N-methyl/N-ethyl adjacent to an activating group) is 1. The van der Waals surface area contributed by atoms with Crippen molar-refractivity contribution in [2.45, 2.75) is 30.7 Å². The summed E-state index contributed by atoms with van der Waals surface area (Å²) in [4.78, 5) is 30.1. The van der Waals surface area contributed by atoms with Crippen LogP contribution in [0.4, 0.5) is 19.0 Å². The van der Waals surface area contributed by atoms with Gasteiger partial charge in [-0.1, -0.05) is 0 Å². The number of anilines is 1. The molecular weight excluding hydrogens is 357 g/mol. The van der Waals surface area contributed by atoms with Crippen molar-refractivity contribution in [3.05, 3.63) is 12.0 Å². The van der Waals surface area contributed by atoms with Crippen LogP contribution in [-0.4, -0.2) is 77.0 Å². The number of aromatic nitrogens is 2. The Morgan fingerprint density at radius 1 is 1.54 bits per heavy atom. The second-order valence-corrected chi connectivity index (χ2v) is 6.43. The average Bonchev–Trinajstić information content (AvgIpc) is 2.96. The van der Waals surface area contributed by atoms with Crippen LogP contribution in [0.15, 0.2) is 6.33 Å². The van der Waals surface area contributed by atoms with Gasteiger partial charge in [0.25, 0.3) is 5.91 Å². The van der Waals surface area contributed by atoms with Gasteiger partial charge in [0, 0.05) is 27.7 Å². The van der Waals surface area contributed by atoms with E-state index < -0.39 is 36.8 Å². The van der Waals surface area contributed by atoms with E-state index in [1.807, 2.05) is 0 Å². The van der Waals surface area contributed by atoms with E-state index in [1.165, 1.54) is 29.9 Å². The number of hydrogen-bond donors (Lipinski definition) is 1. The van der Waals surface area contributed by atoms with Crippen molar-refractivity contribution < 1.29 is 32.6 Å². The number of alkyl halides is 3. The largest absolute Gasteiger partial charge is 0.419 e. The minimum atomic E-state index is -4.76. The molecule has 2 unspecified atom stereocenters. The van der Waals surface area contributed by atoms with Gasteiger partial charge in [0.15, 0.2) is 17.1 Å². The normalized spacial score (nSPS) is 23.6. The summed E-state index contributed by atoms with van der Waals surface area (Å²) >= 11 is 0. The van der Waals surface area contributed by atoms with Gasteiger partial charge in [0.05, 0.1) is 19.0 Å². The number of ether oxygens (including phenoxy) is 1. The lowest BCUT2D eigenvalue weighted by Crippen LogP contribution is -2.54. The lowest BCUT2D eigenvalue weighted by atomic mass is 9.93. The molecule has 0 saturated carbocycles. The third-order valence-electron chi connectivity index (χ3n) is 4.40.